The Morgan fingerprint density at radius 3 is 2.55 bits per heavy atom. The summed E-state index contributed by atoms with van der Waals surface area (Å²) in [6, 6.07) is 5.75. The van der Waals surface area contributed by atoms with Crippen LogP contribution >= 0.6 is 0 Å². The maximum Gasteiger partial charge on any atom is 0.356 e. The van der Waals surface area contributed by atoms with Crippen molar-refractivity contribution in [1.29, 1.82) is 0 Å². The van der Waals surface area contributed by atoms with Crippen molar-refractivity contribution >= 4 is 5.97 Å². The summed E-state index contributed by atoms with van der Waals surface area (Å²) in [4.78, 5) is 16.1. The lowest BCUT2D eigenvalue weighted by Crippen LogP contribution is -2.12. The van der Waals surface area contributed by atoms with Gasteiger partial charge < -0.3 is 4.74 Å². The van der Waals surface area contributed by atoms with E-state index in [1.165, 1.54) is 5.56 Å². The molecule has 0 radical (unpaired) electrons. The van der Waals surface area contributed by atoms with E-state index in [1.54, 1.807) is 24.1 Å². The fourth-order valence-corrected chi connectivity index (χ4v) is 2.09. The van der Waals surface area contributed by atoms with Crippen LogP contribution in [0.15, 0.2) is 30.6 Å². The van der Waals surface area contributed by atoms with Crippen LogP contribution < -0.4 is 0 Å². The van der Waals surface area contributed by atoms with Crippen LogP contribution in [0, 0.1) is 0 Å². The zero-order valence-corrected chi connectivity index (χ0v) is 13.7. The Morgan fingerprint density at radius 1 is 1.27 bits per heavy atom. The predicted molar refractivity (Wildman–Crippen MR) is 84.7 cm³/mol. The molecule has 0 fully saturated rings. The third kappa shape index (κ3) is 4.16. The second-order valence-corrected chi connectivity index (χ2v) is 6.38. The maximum atomic E-state index is 12.1. The molecule has 0 aliphatic carbocycles. The molecule has 0 amide bonds. The largest absolute Gasteiger partial charge is 0.461 e. The molecule has 22 heavy (non-hydrogen) atoms. The van der Waals surface area contributed by atoms with E-state index in [4.69, 9.17) is 4.74 Å². The van der Waals surface area contributed by atoms with Crippen molar-refractivity contribution < 1.29 is 9.53 Å². The van der Waals surface area contributed by atoms with Crippen LogP contribution in [0.4, 0.5) is 0 Å². The van der Waals surface area contributed by atoms with Gasteiger partial charge in [0.05, 0.1) is 12.3 Å². The third-order valence-corrected chi connectivity index (χ3v) is 3.45. The molecule has 118 valence electrons. The summed E-state index contributed by atoms with van der Waals surface area (Å²) >= 11 is 0. The minimum Gasteiger partial charge on any atom is -0.461 e. The van der Waals surface area contributed by atoms with E-state index in [0.717, 1.165) is 18.5 Å². The van der Waals surface area contributed by atoms with Gasteiger partial charge in [-0.15, -0.1) is 0 Å². The summed E-state index contributed by atoms with van der Waals surface area (Å²) in [6.45, 7) is 6.61. The monoisotopic (exact) mass is 301 g/mol. The van der Waals surface area contributed by atoms with Crippen molar-refractivity contribution in [1.82, 2.24) is 14.8 Å². The Morgan fingerprint density at radius 2 is 1.95 bits per heavy atom. The van der Waals surface area contributed by atoms with Gasteiger partial charge in [-0.2, -0.15) is 5.10 Å². The number of hydrogen-bond acceptors (Lipinski definition) is 4. The first kappa shape index (κ1) is 16.2. The number of nitrogens with zero attached hydrogens (tertiary/aromatic N) is 3. The van der Waals surface area contributed by atoms with E-state index in [2.05, 4.69) is 30.9 Å². The fourth-order valence-electron chi connectivity index (χ4n) is 2.09. The smallest absolute Gasteiger partial charge is 0.356 e. The molecule has 2 heterocycles. The standard InChI is InChI=1S/C17H23N3O2/c1-17(2,3)15-12-14(20(4)19-15)16(21)22-11-5-6-13-7-9-18-10-8-13/h7-10,12H,5-6,11H2,1-4H3. The highest BCUT2D eigenvalue weighted by Crippen LogP contribution is 2.21. The van der Waals surface area contributed by atoms with Gasteiger partial charge in [-0.25, -0.2) is 4.79 Å². The lowest BCUT2D eigenvalue weighted by molar-refractivity contribution is 0.0488. The summed E-state index contributed by atoms with van der Waals surface area (Å²) in [5.74, 6) is -0.319. The minimum atomic E-state index is -0.319. The molecule has 0 bridgehead atoms. The highest BCUT2D eigenvalue weighted by molar-refractivity contribution is 5.87. The molecule has 0 saturated carbocycles. The molecule has 0 N–H and O–H groups in total. The summed E-state index contributed by atoms with van der Waals surface area (Å²) in [5.41, 5.74) is 2.49. The van der Waals surface area contributed by atoms with Crippen molar-refractivity contribution in [2.75, 3.05) is 6.61 Å². The molecule has 5 nitrogen and oxygen atoms in total. The van der Waals surface area contributed by atoms with Crippen molar-refractivity contribution in [3.05, 3.63) is 47.5 Å². The quantitative estimate of drug-likeness (QED) is 0.629. The van der Waals surface area contributed by atoms with Gasteiger partial charge in [0.25, 0.3) is 0 Å². The average Bonchev–Trinajstić information content (AvgIpc) is 2.87. The van der Waals surface area contributed by atoms with E-state index >= 15 is 0 Å². The van der Waals surface area contributed by atoms with Crippen LogP contribution in [0.25, 0.3) is 0 Å². The van der Waals surface area contributed by atoms with Crippen molar-refractivity contribution in [3.63, 3.8) is 0 Å². The van der Waals surface area contributed by atoms with Gasteiger partial charge >= 0.3 is 5.97 Å². The van der Waals surface area contributed by atoms with Gasteiger partial charge in [-0.1, -0.05) is 20.8 Å². The Kier molecular flexibility index (Phi) is 4.96. The zero-order chi connectivity index (χ0) is 16.2. The summed E-state index contributed by atoms with van der Waals surface area (Å²) in [6.07, 6.45) is 5.20. The second kappa shape index (κ2) is 6.73. The minimum absolute atomic E-state index is 0.0857. The molecular formula is C17H23N3O2. The van der Waals surface area contributed by atoms with Crippen molar-refractivity contribution in [2.24, 2.45) is 7.05 Å². The SMILES string of the molecule is Cn1nc(C(C)(C)C)cc1C(=O)OCCCc1ccncc1. The molecule has 2 aromatic rings. The van der Waals surface area contributed by atoms with Crippen molar-refractivity contribution in [3.8, 4) is 0 Å². The van der Waals surface area contributed by atoms with Gasteiger partial charge in [-0.3, -0.25) is 9.67 Å². The number of hydrogen-bond donors (Lipinski definition) is 0. The van der Waals surface area contributed by atoms with E-state index in [0.29, 0.717) is 12.3 Å². The van der Waals surface area contributed by atoms with Gasteiger partial charge in [-0.05, 0) is 36.6 Å². The Hall–Kier alpha value is -2.17. The van der Waals surface area contributed by atoms with Crippen molar-refractivity contribution in [2.45, 2.75) is 39.0 Å². The van der Waals surface area contributed by atoms with Crippen LogP contribution in [0.2, 0.25) is 0 Å². The van der Waals surface area contributed by atoms with E-state index in [-0.39, 0.29) is 11.4 Å². The van der Waals surface area contributed by atoms with Gasteiger partial charge in [0.1, 0.15) is 5.69 Å². The predicted octanol–water partition coefficient (Wildman–Crippen LogP) is 2.90. The number of pyridine rings is 1. The topological polar surface area (TPSA) is 57.0 Å². The molecule has 0 atom stereocenters. The molecular weight excluding hydrogens is 278 g/mol. The molecule has 0 aliphatic heterocycles. The van der Waals surface area contributed by atoms with Crippen LogP contribution in [0.1, 0.15) is 48.9 Å². The second-order valence-electron chi connectivity index (χ2n) is 6.38. The third-order valence-electron chi connectivity index (χ3n) is 3.45. The fraction of sp³-hybridized carbons (Fsp3) is 0.471. The first-order chi connectivity index (χ1) is 10.4. The summed E-state index contributed by atoms with van der Waals surface area (Å²) in [5, 5.41) is 4.39. The highest BCUT2D eigenvalue weighted by Gasteiger charge is 2.22. The number of rotatable bonds is 5. The number of carbonyl (C=O) groups is 1. The number of esters is 1. The van der Waals surface area contributed by atoms with Crippen LogP contribution in [-0.2, 0) is 23.6 Å². The first-order valence-electron chi connectivity index (χ1n) is 7.48. The van der Waals surface area contributed by atoms with Crippen LogP contribution in [0.5, 0.6) is 0 Å². The molecule has 5 heteroatoms. The van der Waals surface area contributed by atoms with Gasteiger partial charge in [0.15, 0.2) is 0 Å². The Bertz CT molecular complexity index is 627. The molecule has 0 spiro atoms. The molecule has 0 aromatic carbocycles. The normalized spacial score (nSPS) is 11.5. The number of aryl methyl sites for hydroxylation is 2. The van der Waals surface area contributed by atoms with Gasteiger partial charge in [0, 0.05) is 24.9 Å². The molecule has 2 aromatic heterocycles. The highest BCUT2D eigenvalue weighted by atomic mass is 16.5. The first-order valence-corrected chi connectivity index (χ1v) is 7.48. The lowest BCUT2D eigenvalue weighted by Gasteiger charge is -2.13. The van der Waals surface area contributed by atoms with E-state index in [1.807, 2.05) is 18.2 Å². The number of aromatic nitrogens is 3. The summed E-state index contributed by atoms with van der Waals surface area (Å²) in [7, 11) is 1.77. The van der Waals surface area contributed by atoms with Crippen LogP contribution in [-0.4, -0.2) is 27.3 Å². The van der Waals surface area contributed by atoms with Gasteiger partial charge in [0.2, 0.25) is 0 Å². The Labute approximate surface area is 131 Å². The summed E-state index contributed by atoms with van der Waals surface area (Å²) < 4.78 is 6.93. The number of ether oxygens (including phenoxy) is 1. The molecule has 2 rings (SSSR count). The lowest BCUT2D eigenvalue weighted by atomic mass is 9.92. The number of carbonyl (C=O) groups excluding carboxylic acids is 1. The molecule has 0 aliphatic rings. The zero-order valence-electron chi connectivity index (χ0n) is 13.7. The molecule has 0 unspecified atom stereocenters. The Balaban J connectivity index is 1.86. The molecule has 0 saturated heterocycles. The van der Waals surface area contributed by atoms with E-state index in [9.17, 15) is 4.79 Å². The average molecular weight is 301 g/mol. The van der Waals surface area contributed by atoms with E-state index < -0.39 is 0 Å². The maximum absolute atomic E-state index is 12.1. The van der Waals surface area contributed by atoms with Crippen LogP contribution in [0.3, 0.4) is 0 Å².